The van der Waals surface area contributed by atoms with Gasteiger partial charge in [0.15, 0.2) is 0 Å². The van der Waals surface area contributed by atoms with Crippen LogP contribution in [0.15, 0.2) is 54.6 Å². The predicted molar refractivity (Wildman–Crippen MR) is 143 cm³/mol. The number of aromatic nitrogens is 2. The van der Waals surface area contributed by atoms with E-state index >= 15 is 0 Å². The zero-order chi connectivity index (χ0) is 26.6. The third-order valence-electron chi connectivity index (χ3n) is 6.75. The van der Waals surface area contributed by atoms with Crippen LogP contribution in [0.2, 0.25) is 0 Å². The second kappa shape index (κ2) is 11.1. The minimum absolute atomic E-state index is 0.182. The van der Waals surface area contributed by atoms with Crippen LogP contribution in [0.5, 0.6) is 11.5 Å². The van der Waals surface area contributed by atoms with E-state index in [0.29, 0.717) is 37.0 Å². The highest BCUT2D eigenvalue weighted by molar-refractivity contribution is 6.00. The molecule has 196 valence electrons. The largest absolute Gasteiger partial charge is 0.497 e. The van der Waals surface area contributed by atoms with Gasteiger partial charge in [-0.05, 0) is 74.2 Å². The molecule has 2 amide bonds. The Kier molecular flexibility index (Phi) is 7.86. The molecule has 0 bridgehead atoms. The minimum atomic E-state index is -1.11. The Balaban J connectivity index is 1.67. The standard InChI is InChI=1S/C29H36N4O4/c1-6-37-24-13-9-22(10-14-24)25-17-26-27(34)32(18-21-7-11-23(36-5)12-8-21)29(4,19-33(26)31-25)28(35)30-16-15-20(2)3/h7-14,17,20H,6,15-16,18-19H2,1-5H3,(H,30,35). The van der Waals surface area contributed by atoms with Crippen molar-refractivity contribution in [2.24, 2.45) is 5.92 Å². The molecule has 1 aromatic heterocycles. The van der Waals surface area contributed by atoms with E-state index in [0.717, 1.165) is 29.0 Å². The fourth-order valence-corrected chi connectivity index (χ4v) is 4.50. The third kappa shape index (κ3) is 5.63. The Bertz CT molecular complexity index is 1230. The van der Waals surface area contributed by atoms with Gasteiger partial charge in [0.25, 0.3) is 5.91 Å². The van der Waals surface area contributed by atoms with Crippen molar-refractivity contribution >= 4 is 11.8 Å². The molecule has 8 nitrogen and oxygen atoms in total. The summed E-state index contributed by atoms with van der Waals surface area (Å²) >= 11 is 0. The lowest BCUT2D eigenvalue weighted by molar-refractivity contribution is -0.133. The van der Waals surface area contributed by atoms with Crippen molar-refractivity contribution in [1.29, 1.82) is 0 Å². The van der Waals surface area contributed by atoms with E-state index in [4.69, 9.17) is 14.6 Å². The summed E-state index contributed by atoms with van der Waals surface area (Å²) in [4.78, 5) is 29.1. The van der Waals surface area contributed by atoms with Crippen LogP contribution < -0.4 is 14.8 Å². The van der Waals surface area contributed by atoms with Gasteiger partial charge < -0.3 is 19.7 Å². The van der Waals surface area contributed by atoms with Crippen molar-refractivity contribution in [3.8, 4) is 22.8 Å². The Hall–Kier alpha value is -3.81. The van der Waals surface area contributed by atoms with Crippen LogP contribution in [0.1, 0.15) is 50.2 Å². The molecule has 1 N–H and O–H groups in total. The molecule has 1 atom stereocenters. The lowest BCUT2D eigenvalue weighted by Gasteiger charge is -2.43. The van der Waals surface area contributed by atoms with Crippen molar-refractivity contribution in [2.45, 2.75) is 52.7 Å². The van der Waals surface area contributed by atoms with Gasteiger partial charge in [0.1, 0.15) is 22.7 Å². The van der Waals surface area contributed by atoms with Gasteiger partial charge in [0, 0.05) is 18.7 Å². The normalized spacial score (nSPS) is 17.0. The van der Waals surface area contributed by atoms with Gasteiger partial charge in [-0.3, -0.25) is 14.3 Å². The predicted octanol–water partition coefficient (Wildman–Crippen LogP) is 4.53. The molecule has 4 rings (SSSR count). The fourth-order valence-electron chi connectivity index (χ4n) is 4.50. The average molecular weight is 505 g/mol. The summed E-state index contributed by atoms with van der Waals surface area (Å²) in [6.07, 6.45) is 0.864. The first kappa shape index (κ1) is 26.3. The Morgan fingerprint density at radius 3 is 2.41 bits per heavy atom. The highest BCUT2D eigenvalue weighted by Gasteiger charge is 2.47. The second-order valence-corrected chi connectivity index (χ2v) is 9.98. The third-order valence-corrected chi connectivity index (χ3v) is 6.75. The highest BCUT2D eigenvalue weighted by atomic mass is 16.5. The number of methoxy groups -OCH3 is 1. The van der Waals surface area contributed by atoms with E-state index in [1.807, 2.05) is 62.4 Å². The van der Waals surface area contributed by atoms with E-state index in [2.05, 4.69) is 19.2 Å². The number of hydrogen-bond acceptors (Lipinski definition) is 5. The maximum atomic E-state index is 13.9. The number of nitrogens with one attached hydrogen (secondary N) is 1. The molecule has 3 aromatic rings. The summed E-state index contributed by atoms with van der Waals surface area (Å²) in [6, 6.07) is 17.0. The molecule has 0 fully saturated rings. The number of nitrogens with zero attached hydrogens (tertiary/aromatic N) is 3. The summed E-state index contributed by atoms with van der Waals surface area (Å²) in [7, 11) is 1.62. The fraction of sp³-hybridized carbons (Fsp3) is 0.414. The van der Waals surface area contributed by atoms with Crippen LogP contribution in [-0.2, 0) is 17.9 Å². The lowest BCUT2D eigenvalue weighted by atomic mass is 9.94. The molecule has 8 heteroatoms. The second-order valence-electron chi connectivity index (χ2n) is 9.98. The minimum Gasteiger partial charge on any atom is -0.497 e. The van der Waals surface area contributed by atoms with Gasteiger partial charge in [-0.2, -0.15) is 5.10 Å². The van der Waals surface area contributed by atoms with Gasteiger partial charge in [-0.15, -0.1) is 0 Å². The first-order chi connectivity index (χ1) is 17.7. The van der Waals surface area contributed by atoms with Crippen molar-refractivity contribution < 1.29 is 19.1 Å². The maximum Gasteiger partial charge on any atom is 0.273 e. The molecule has 0 radical (unpaired) electrons. The van der Waals surface area contributed by atoms with Crippen molar-refractivity contribution in [3.05, 3.63) is 65.9 Å². The molecular weight excluding hydrogens is 468 g/mol. The van der Waals surface area contributed by atoms with Gasteiger partial charge in [0.2, 0.25) is 5.91 Å². The monoisotopic (exact) mass is 504 g/mol. The number of carbonyl (C=O) groups is 2. The zero-order valence-corrected chi connectivity index (χ0v) is 22.3. The molecule has 0 saturated carbocycles. The summed E-state index contributed by atoms with van der Waals surface area (Å²) < 4.78 is 12.5. The van der Waals surface area contributed by atoms with E-state index in [1.165, 1.54) is 0 Å². The molecule has 1 aliphatic rings. The molecule has 2 aromatic carbocycles. The van der Waals surface area contributed by atoms with Crippen molar-refractivity contribution in [2.75, 3.05) is 20.3 Å². The Morgan fingerprint density at radius 2 is 1.78 bits per heavy atom. The zero-order valence-electron chi connectivity index (χ0n) is 22.3. The SMILES string of the molecule is CCOc1ccc(-c2cc3n(n2)CC(C)(C(=O)NCCC(C)C)N(Cc2ccc(OC)cc2)C3=O)cc1. The van der Waals surface area contributed by atoms with Gasteiger partial charge >= 0.3 is 0 Å². The summed E-state index contributed by atoms with van der Waals surface area (Å²) in [5, 5.41) is 7.79. The molecule has 1 aliphatic heterocycles. The van der Waals surface area contributed by atoms with Crippen LogP contribution in [-0.4, -0.2) is 52.3 Å². The summed E-state index contributed by atoms with van der Waals surface area (Å²) in [5.74, 6) is 1.57. The molecule has 0 spiro atoms. The first-order valence-electron chi connectivity index (χ1n) is 12.8. The number of fused-ring (bicyclic) bond motifs is 1. The molecule has 1 unspecified atom stereocenters. The quantitative estimate of drug-likeness (QED) is 0.438. The molecule has 0 saturated heterocycles. The smallest absolute Gasteiger partial charge is 0.273 e. The Morgan fingerprint density at radius 1 is 1.11 bits per heavy atom. The summed E-state index contributed by atoms with van der Waals surface area (Å²) in [5.41, 5.74) is 1.83. The topological polar surface area (TPSA) is 85.7 Å². The number of rotatable bonds is 10. The molecular formula is C29H36N4O4. The maximum absolute atomic E-state index is 13.9. The number of ether oxygens (including phenoxy) is 2. The van der Waals surface area contributed by atoms with E-state index < -0.39 is 5.54 Å². The molecule has 2 heterocycles. The molecule has 0 aliphatic carbocycles. The number of benzene rings is 2. The van der Waals surface area contributed by atoms with E-state index in [-0.39, 0.29) is 18.4 Å². The van der Waals surface area contributed by atoms with Crippen molar-refractivity contribution in [1.82, 2.24) is 20.0 Å². The van der Waals surface area contributed by atoms with Gasteiger partial charge in [-0.25, -0.2) is 0 Å². The lowest BCUT2D eigenvalue weighted by Crippen LogP contribution is -2.63. The Labute approximate surface area is 218 Å². The number of hydrogen-bond donors (Lipinski definition) is 1. The van der Waals surface area contributed by atoms with E-state index in [9.17, 15) is 9.59 Å². The van der Waals surface area contributed by atoms with Gasteiger partial charge in [-0.1, -0.05) is 26.0 Å². The van der Waals surface area contributed by atoms with Crippen LogP contribution >= 0.6 is 0 Å². The van der Waals surface area contributed by atoms with Crippen LogP contribution in [0, 0.1) is 5.92 Å². The van der Waals surface area contributed by atoms with Crippen LogP contribution in [0.25, 0.3) is 11.3 Å². The first-order valence-corrected chi connectivity index (χ1v) is 12.8. The average Bonchev–Trinajstić information content (AvgIpc) is 3.31. The van der Waals surface area contributed by atoms with E-state index in [1.54, 1.807) is 22.8 Å². The van der Waals surface area contributed by atoms with Crippen LogP contribution in [0.4, 0.5) is 0 Å². The van der Waals surface area contributed by atoms with Crippen molar-refractivity contribution in [3.63, 3.8) is 0 Å². The highest BCUT2D eigenvalue weighted by Crippen LogP contribution is 2.32. The summed E-state index contributed by atoms with van der Waals surface area (Å²) in [6.45, 7) is 9.69. The number of carbonyl (C=O) groups excluding carboxylic acids is 2. The van der Waals surface area contributed by atoms with Crippen LogP contribution in [0.3, 0.4) is 0 Å². The van der Waals surface area contributed by atoms with Gasteiger partial charge in [0.05, 0.1) is 26.0 Å². The number of amides is 2. The molecule has 37 heavy (non-hydrogen) atoms.